The van der Waals surface area contributed by atoms with E-state index in [0.29, 0.717) is 3.44 Å². The van der Waals surface area contributed by atoms with E-state index in [-0.39, 0.29) is 10.7 Å². The second-order valence-electron chi connectivity index (χ2n) is 5.22. The van der Waals surface area contributed by atoms with Gasteiger partial charge in [-0.1, -0.05) is 0 Å². The summed E-state index contributed by atoms with van der Waals surface area (Å²) in [4.78, 5) is 52.6. The summed E-state index contributed by atoms with van der Waals surface area (Å²) in [6, 6.07) is 0. The molecular weight excluding hydrogens is 722 g/mol. The number of hydrazine groups is 2. The number of nitrogens with one attached hydrogen (secondary N) is 1. The van der Waals surface area contributed by atoms with Crippen LogP contribution in [-0.2, 0) is 60.5 Å². The molecule has 0 aromatic carbocycles. The van der Waals surface area contributed by atoms with E-state index in [4.69, 9.17) is 91.6 Å². The van der Waals surface area contributed by atoms with Gasteiger partial charge in [-0.2, -0.15) is 0 Å². The van der Waals surface area contributed by atoms with Crippen LogP contribution < -0.4 is 68.5 Å². The summed E-state index contributed by atoms with van der Waals surface area (Å²) in [5.74, 6) is 39.0. The van der Waals surface area contributed by atoms with Crippen molar-refractivity contribution in [2.45, 2.75) is 0 Å². The zero-order valence-electron chi connectivity index (χ0n) is 17.2. The molecule has 0 radical (unpaired) electrons. The van der Waals surface area contributed by atoms with E-state index >= 15 is 0 Å². The number of fused-ring (bicyclic) bond motifs is 2. The number of hydroxylamine groups is 2. The number of rotatable bonds is 10. The van der Waals surface area contributed by atoms with Crippen LogP contribution in [0.1, 0.15) is 0 Å². The van der Waals surface area contributed by atoms with E-state index in [2.05, 4.69) is 9.78 Å². The summed E-state index contributed by atoms with van der Waals surface area (Å²) in [6.45, 7) is 0. The molecule has 0 saturated carbocycles. The maximum absolute atomic E-state index is 5.83. The predicted molar refractivity (Wildman–Crippen MR) is 85.2 cm³/mol. The van der Waals surface area contributed by atoms with Gasteiger partial charge in [0.2, 0.25) is 0 Å². The second-order valence-corrected chi connectivity index (χ2v) is 7.15. The average molecular weight is 746 g/mol. The third kappa shape index (κ3) is 9.00. The molecule has 34 heavy (non-hydrogen) atoms. The van der Waals surface area contributed by atoms with Crippen LogP contribution in [0, 0.1) is 0 Å². The molecule has 0 aliphatic carbocycles. The van der Waals surface area contributed by atoms with Gasteiger partial charge in [-0.3, -0.25) is 0 Å². The zero-order valence-corrected chi connectivity index (χ0v) is 21.5. The molecule has 2 aliphatic heterocycles. The number of hydrogen-bond donors (Lipinski definition) is 8. The summed E-state index contributed by atoms with van der Waals surface area (Å²) in [5, 5.41) is -7.78. The number of nitrogens with zero attached hydrogens (tertiary/aromatic N) is 8. The van der Waals surface area contributed by atoms with Crippen molar-refractivity contribution in [3.05, 3.63) is 0 Å². The van der Waals surface area contributed by atoms with Crippen LogP contribution in [0.15, 0.2) is 0 Å². The first kappa shape index (κ1) is 30.5. The molecule has 0 aromatic heterocycles. The second kappa shape index (κ2) is 11.8. The van der Waals surface area contributed by atoms with Crippen molar-refractivity contribution in [3.63, 3.8) is 0 Å². The molecule has 0 spiro atoms. The Balaban J connectivity index is 2.27. The van der Waals surface area contributed by atoms with E-state index in [9.17, 15) is 0 Å². The van der Waals surface area contributed by atoms with Crippen molar-refractivity contribution in [2.75, 3.05) is 21.3 Å². The van der Waals surface area contributed by atoms with Crippen molar-refractivity contribution < 1.29 is 108 Å². The summed E-state index contributed by atoms with van der Waals surface area (Å²) < 4.78 is 10.4. The van der Waals surface area contributed by atoms with Gasteiger partial charge >= 0.3 is 207 Å². The summed E-state index contributed by atoms with van der Waals surface area (Å²) in [7, 11) is 3.37. The molecular formula is C3H24I2N16O13+4. The van der Waals surface area contributed by atoms with Crippen molar-refractivity contribution >= 4 is 22.9 Å². The minimum atomic E-state index is -2.20. The number of nitrogens with two attached hydrogens (primary N) is 7. The third-order valence-corrected chi connectivity index (χ3v) is 4.16. The topological polar surface area (TPSA) is 324 Å². The first-order valence-electron chi connectivity index (χ1n) is 7.62. The van der Waals surface area contributed by atoms with Gasteiger partial charge in [-0.05, 0) is 0 Å². The Morgan fingerprint density at radius 1 is 1.09 bits per heavy atom. The average Bonchev–Trinajstić information content (AvgIpc) is 2.64. The van der Waals surface area contributed by atoms with Gasteiger partial charge in [0.05, 0.1) is 0 Å². The van der Waals surface area contributed by atoms with Crippen molar-refractivity contribution in [2.24, 2.45) is 40.9 Å². The Bertz CT molecular complexity index is 672. The van der Waals surface area contributed by atoms with Gasteiger partial charge < -0.3 is 0 Å². The Kier molecular flexibility index (Phi) is 10.6. The SMILES string of the molecule is CO[N+](C)(N)O[N+]1(N)O[I-]ON2ON(N)O[N+](N)(ON(I)O[N+](N)(OC)ONN)O[N+](N)(O2)O1. The summed E-state index contributed by atoms with van der Waals surface area (Å²) >= 11 is -0.608. The third-order valence-electron chi connectivity index (χ3n) is 2.61. The molecule has 204 valence electrons. The molecule has 31 heteroatoms. The zero-order chi connectivity index (χ0) is 25.8. The molecule has 2 saturated heterocycles. The van der Waals surface area contributed by atoms with Crippen LogP contribution in [-0.4, -0.2) is 60.7 Å². The van der Waals surface area contributed by atoms with E-state index in [1.54, 1.807) is 5.59 Å². The van der Waals surface area contributed by atoms with Gasteiger partial charge in [-0.15, -0.1) is 0 Å². The molecule has 6 atom stereocenters. The Morgan fingerprint density at radius 2 is 1.74 bits per heavy atom. The molecule has 2 aliphatic rings. The Hall–Kier alpha value is 0.300. The van der Waals surface area contributed by atoms with Gasteiger partial charge in [-0.25, -0.2) is 5.84 Å². The summed E-state index contributed by atoms with van der Waals surface area (Å²) in [5.41, 5.74) is 1.70. The van der Waals surface area contributed by atoms with Crippen LogP contribution in [0.2, 0.25) is 0 Å². The van der Waals surface area contributed by atoms with E-state index < -0.39 is 47.3 Å². The van der Waals surface area contributed by atoms with Crippen LogP contribution in [0.5, 0.6) is 0 Å². The van der Waals surface area contributed by atoms with Crippen LogP contribution in [0.25, 0.3) is 0 Å². The molecule has 15 N–H and O–H groups in total. The van der Waals surface area contributed by atoms with E-state index in [1.165, 1.54) is 29.9 Å². The van der Waals surface area contributed by atoms with Gasteiger partial charge in [0.1, 0.15) is 0 Å². The number of quaternary nitrogens is 5. The maximum atomic E-state index is 5.83. The molecule has 6 unspecified atom stereocenters. The van der Waals surface area contributed by atoms with Crippen LogP contribution in [0.4, 0.5) is 0 Å². The molecule has 0 aromatic rings. The number of hydrogen-bond acceptors (Lipinski definition) is 24. The van der Waals surface area contributed by atoms with Gasteiger partial charge in [0, 0.05) is 0 Å². The molecule has 2 rings (SSSR count). The summed E-state index contributed by atoms with van der Waals surface area (Å²) in [6.07, 6.45) is 0. The fourth-order valence-electron chi connectivity index (χ4n) is 1.46. The van der Waals surface area contributed by atoms with Crippen molar-refractivity contribution in [1.82, 2.24) is 19.8 Å². The molecule has 0 amide bonds. The first-order valence-corrected chi connectivity index (χ1v) is 10.3. The minimum absolute atomic E-state index is 0.0119. The monoisotopic (exact) mass is 746 g/mol. The fraction of sp³-hybridized carbons (Fsp3) is 1.00. The van der Waals surface area contributed by atoms with E-state index in [0.717, 1.165) is 14.2 Å². The number of halogens is 2. The van der Waals surface area contributed by atoms with Gasteiger partial charge in [0.15, 0.2) is 0 Å². The normalized spacial score (nSPS) is 37.5. The Labute approximate surface area is 212 Å². The standard InChI is InChI=1S/C3H24I2N16O13/c1-17(8,22-2)32-19(10)25-5-24-16-27-15(7)30-20(11,34-21(12,31-16)33-19)29-14(4)28-18(9,23-3)26-13-6/h13H,6-12H2,1-3H3/q+4. The van der Waals surface area contributed by atoms with Crippen LogP contribution >= 0.6 is 22.9 Å². The van der Waals surface area contributed by atoms with Crippen LogP contribution in [0.3, 0.4) is 0 Å². The molecule has 2 heterocycles. The molecule has 29 nitrogen and oxygen atoms in total. The predicted octanol–water partition coefficient (Wildman–Crippen LogP) is -9.79. The molecule has 2 bridgehead atoms. The van der Waals surface area contributed by atoms with E-state index in [1.807, 2.05) is 0 Å². The molecule has 2 fully saturated rings. The fourth-order valence-corrected chi connectivity index (χ4v) is 2.67. The van der Waals surface area contributed by atoms with Crippen molar-refractivity contribution in [1.29, 1.82) is 0 Å². The van der Waals surface area contributed by atoms with Gasteiger partial charge in [0.25, 0.3) is 0 Å². The Morgan fingerprint density at radius 3 is 2.32 bits per heavy atom. The quantitative estimate of drug-likeness (QED) is 0.0338. The first-order chi connectivity index (χ1) is 15.6. The van der Waals surface area contributed by atoms with Crippen molar-refractivity contribution in [3.8, 4) is 0 Å².